The third kappa shape index (κ3) is 2.65. The van der Waals surface area contributed by atoms with Crippen molar-refractivity contribution in [3.8, 4) is 0 Å². The molecule has 17 heavy (non-hydrogen) atoms. The molecule has 1 aromatic carbocycles. The molecule has 0 unspecified atom stereocenters. The minimum absolute atomic E-state index is 0.0819. The predicted octanol–water partition coefficient (Wildman–Crippen LogP) is 3.18. The van der Waals surface area contributed by atoms with Crippen LogP contribution in [-0.2, 0) is 0 Å². The lowest BCUT2D eigenvalue weighted by atomic mass is 10.0. The Labute approximate surface area is 101 Å². The van der Waals surface area contributed by atoms with E-state index in [1.807, 2.05) is 7.05 Å². The van der Waals surface area contributed by atoms with Crippen molar-refractivity contribution in [3.63, 3.8) is 0 Å². The number of aryl methyl sites for hydroxylation is 1. The Hall–Kier alpha value is -1.38. The molecule has 0 saturated heterocycles. The van der Waals surface area contributed by atoms with E-state index in [9.17, 15) is 9.18 Å². The molecular formula is C14H18FNO. The van der Waals surface area contributed by atoms with Crippen LogP contribution in [0.3, 0.4) is 0 Å². The number of carbonyl (C=O) groups is 1. The van der Waals surface area contributed by atoms with Crippen molar-refractivity contribution in [1.29, 1.82) is 0 Å². The zero-order chi connectivity index (χ0) is 12.6. The fourth-order valence-electron chi connectivity index (χ4n) is 2.05. The monoisotopic (exact) mass is 235 g/mol. The van der Waals surface area contributed by atoms with Gasteiger partial charge >= 0.3 is 0 Å². The van der Waals surface area contributed by atoms with Gasteiger partial charge in [-0.1, -0.05) is 0 Å². The largest absolute Gasteiger partial charge is 0.374 e. The van der Waals surface area contributed by atoms with Crippen molar-refractivity contribution in [1.82, 2.24) is 0 Å². The lowest BCUT2D eigenvalue weighted by molar-refractivity contribution is 0.101. The number of ketones is 1. The lowest BCUT2D eigenvalue weighted by Crippen LogP contribution is -2.22. The van der Waals surface area contributed by atoms with Gasteiger partial charge in [-0.05, 0) is 50.3 Å². The minimum atomic E-state index is -0.307. The predicted molar refractivity (Wildman–Crippen MR) is 67.1 cm³/mol. The van der Waals surface area contributed by atoms with E-state index in [1.54, 1.807) is 13.0 Å². The summed E-state index contributed by atoms with van der Waals surface area (Å²) in [6.07, 6.45) is 2.53. The second-order valence-corrected chi connectivity index (χ2v) is 5.00. The molecule has 2 nitrogen and oxygen atoms in total. The third-order valence-corrected chi connectivity index (χ3v) is 3.30. The standard InChI is InChI=1S/C14H18FNO/c1-9-6-14(16(3)8-11-4-5-11)12(10(2)17)7-13(9)15/h6-7,11H,4-5,8H2,1-3H3. The molecule has 92 valence electrons. The number of carbonyl (C=O) groups excluding carboxylic acids is 1. The van der Waals surface area contributed by atoms with Crippen molar-refractivity contribution in [3.05, 3.63) is 29.1 Å². The Morgan fingerprint density at radius 1 is 1.47 bits per heavy atom. The van der Waals surface area contributed by atoms with Crippen molar-refractivity contribution in [2.24, 2.45) is 5.92 Å². The van der Waals surface area contributed by atoms with Crippen LogP contribution in [0.2, 0.25) is 0 Å². The van der Waals surface area contributed by atoms with E-state index < -0.39 is 0 Å². The summed E-state index contributed by atoms with van der Waals surface area (Å²) < 4.78 is 13.5. The van der Waals surface area contributed by atoms with Crippen LogP contribution in [0.5, 0.6) is 0 Å². The molecular weight excluding hydrogens is 217 g/mol. The molecule has 0 N–H and O–H groups in total. The number of benzene rings is 1. The highest BCUT2D eigenvalue weighted by Crippen LogP contribution is 2.32. The summed E-state index contributed by atoms with van der Waals surface area (Å²) in [7, 11) is 1.97. The van der Waals surface area contributed by atoms with Crippen molar-refractivity contribution >= 4 is 11.5 Å². The number of halogens is 1. The first-order valence-corrected chi connectivity index (χ1v) is 6.01. The molecule has 0 heterocycles. The van der Waals surface area contributed by atoms with Crippen LogP contribution in [0.25, 0.3) is 0 Å². The molecule has 2 rings (SSSR count). The Morgan fingerprint density at radius 3 is 2.65 bits per heavy atom. The van der Waals surface area contributed by atoms with Gasteiger partial charge in [0.15, 0.2) is 5.78 Å². The Morgan fingerprint density at radius 2 is 2.12 bits per heavy atom. The Bertz CT molecular complexity index is 452. The normalized spacial score (nSPS) is 14.8. The fraction of sp³-hybridized carbons (Fsp3) is 0.500. The smallest absolute Gasteiger partial charge is 0.161 e. The summed E-state index contributed by atoms with van der Waals surface area (Å²) in [6.45, 7) is 4.16. The molecule has 0 amide bonds. The summed E-state index contributed by atoms with van der Waals surface area (Å²) in [5.74, 6) is 0.352. The number of rotatable bonds is 4. The van der Waals surface area contributed by atoms with Gasteiger partial charge in [0.25, 0.3) is 0 Å². The van der Waals surface area contributed by atoms with Crippen molar-refractivity contribution in [2.45, 2.75) is 26.7 Å². The topological polar surface area (TPSA) is 20.3 Å². The molecule has 1 aliphatic rings. The molecule has 0 bridgehead atoms. The first-order chi connectivity index (χ1) is 7.99. The number of anilines is 1. The van der Waals surface area contributed by atoms with E-state index in [1.165, 1.54) is 25.8 Å². The maximum Gasteiger partial charge on any atom is 0.161 e. The quantitative estimate of drug-likeness (QED) is 0.747. The van der Waals surface area contributed by atoms with Gasteiger partial charge in [-0.15, -0.1) is 0 Å². The Balaban J connectivity index is 2.35. The molecule has 1 fully saturated rings. The van der Waals surface area contributed by atoms with Crippen LogP contribution in [0.4, 0.5) is 10.1 Å². The van der Waals surface area contributed by atoms with Crippen LogP contribution in [0.1, 0.15) is 35.7 Å². The van der Waals surface area contributed by atoms with Crippen LogP contribution in [0, 0.1) is 18.7 Å². The first kappa shape index (κ1) is 12.1. The van der Waals surface area contributed by atoms with E-state index in [0.29, 0.717) is 11.1 Å². The van der Waals surface area contributed by atoms with E-state index in [4.69, 9.17) is 0 Å². The van der Waals surface area contributed by atoms with Gasteiger partial charge in [-0.2, -0.15) is 0 Å². The molecule has 0 spiro atoms. The molecule has 0 radical (unpaired) electrons. The van der Waals surface area contributed by atoms with Gasteiger partial charge in [0.1, 0.15) is 5.82 Å². The summed E-state index contributed by atoms with van der Waals surface area (Å²) in [4.78, 5) is 13.6. The van der Waals surface area contributed by atoms with E-state index in [0.717, 1.165) is 18.2 Å². The molecule has 0 aliphatic heterocycles. The van der Waals surface area contributed by atoms with Gasteiger partial charge in [-0.3, -0.25) is 4.79 Å². The zero-order valence-corrected chi connectivity index (χ0v) is 10.6. The second kappa shape index (κ2) is 4.47. The Kier molecular flexibility index (Phi) is 3.18. The second-order valence-electron chi connectivity index (χ2n) is 5.00. The van der Waals surface area contributed by atoms with Crippen molar-refractivity contribution < 1.29 is 9.18 Å². The highest BCUT2D eigenvalue weighted by molar-refractivity contribution is 5.99. The molecule has 0 atom stereocenters. The van der Waals surface area contributed by atoms with E-state index in [-0.39, 0.29) is 11.6 Å². The average molecular weight is 235 g/mol. The van der Waals surface area contributed by atoms with E-state index >= 15 is 0 Å². The first-order valence-electron chi connectivity index (χ1n) is 6.01. The van der Waals surface area contributed by atoms with Gasteiger partial charge in [0.05, 0.1) is 0 Å². The molecule has 0 aromatic heterocycles. The summed E-state index contributed by atoms with van der Waals surface area (Å²) >= 11 is 0. The number of hydrogen-bond acceptors (Lipinski definition) is 2. The summed E-state index contributed by atoms with van der Waals surface area (Å²) in [6, 6.07) is 3.13. The van der Waals surface area contributed by atoms with E-state index in [2.05, 4.69) is 4.90 Å². The molecule has 1 aromatic rings. The van der Waals surface area contributed by atoms with Gasteiger partial charge in [0.2, 0.25) is 0 Å². The van der Waals surface area contributed by atoms with Gasteiger partial charge in [0, 0.05) is 24.8 Å². The summed E-state index contributed by atoms with van der Waals surface area (Å²) in [5.41, 5.74) is 1.92. The van der Waals surface area contributed by atoms with Crippen LogP contribution in [-0.4, -0.2) is 19.4 Å². The molecule has 1 aliphatic carbocycles. The maximum absolute atomic E-state index is 13.5. The third-order valence-electron chi connectivity index (χ3n) is 3.30. The number of hydrogen-bond donors (Lipinski definition) is 0. The maximum atomic E-state index is 13.5. The molecule has 3 heteroatoms. The lowest BCUT2D eigenvalue weighted by Gasteiger charge is -2.22. The minimum Gasteiger partial charge on any atom is -0.374 e. The van der Waals surface area contributed by atoms with Crippen LogP contribution in [0.15, 0.2) is 12.1 Å². The zero-order valence-electron chi connectivity index (χ0n) is 10.6. The summed E-state index contributed by atoms with van der Waals surface area (Å²) in [5, 5.41) is 0. The number of nitrogens with zero attached hydrogens (tertiary/aromatic N) is 1. The van der Waals surface area contributed by atoms with Crippen LogP contribution < -0.4 is 4.90 Å². The molecule has 1 saturated carbocycles. The van der Waals surface area contributed by atoms with Gasteiger partial charge in [-0.25, -0.2) is 4.39 Å². The average Bonchev–Trinajstić information content (AvgIpc) is 3.04. The highest BCUT2D eigenvalue weighted by atomic mass is 19.1. The fourth-order valence-corrected chi connectivity index (χ4v) is 2.05. The van der Waals surface area contributed by atoms with Gasteiger partial charge < -0.3 is 4.90 Å². The van der Waals surface area contributed by atoms with Crippen molar-refractivity contribution in [2.75, 3.05) is 18.5 Å². The highest BCUT2D eigenvalue weighted by Gasteiger charge is 2.24. The number of Topliss-reactive ketones (excluding diaryl/α,β-unsaturated/α-hetero) is 1. The van der Waals surface area contributed by atoms with Crippen LogP contribution >= 0.6 is 0 Å². The SMILES string of the molecule is CC(=O)c1cc(F)c(C)cc1N(C)CC1CC1.